The van der Waals surface area contributed by atoms with E-state index in [-0.39, 0.29) is 17.3 Å². The molecule has 190 valence electrons. The molecule has 1 fully saturated rings. The molecule has 1 N–H and O–H groups in total. The van der Waals surface area contributed by atoms with Crippen molar-refractivity contribution in [2.24, 2.45) is 0 Å². The van der Waals surface area contributed by atoms with Crippen molar-refractivity contribution < 1.29 is 28.2 Å². The minimum absolute atomic E-state index is 0.183. The zero-order valence-electron chi connectivity index (χ0n) is 19.7. The van der Waals surface area contributed by atoms with Gasteiger partial charge in [0.15, 0.2) is 11.5 Å². The molecule has 0 atom stereocenters. The van der Waals surface area contributed by atoms with Gasteiger partial charge in [0.05, 0.1) is 11.5 Å². The average molecular weight is 541 g/mol. The molecule has 0 spiro atoms. The van der Waals surface area contributed by atoms with Crippen LogP contribution < -0.4 is 14.8 Å². The molecule has 0 radical (unpaired) electrons. The topological polar surface area (TPSA) is 84.9 Å². The van der Waals surface area contributed by atoms with Crippen molar-refractivity contribution in [2.75, 3.05) is 18.5 Å². The Hall–Kier alpha value is -3.82. The smallest absolute Gasteiger partial charge is 0.294 e. The van der Waals surface area contributed by atoms with Crippen LogP contribution in [0, 0.1) is 5.82 Å². The summed E-state index contributed by atoms with van der Waals surface area (Å²) in [5.74, 6) is -0.472. The number of anilines is 1. The van der Waals surface area contributed by atoms with Gasteiger partial charge in [-0.3, -0.25) is 19.3 Å². The third kappa shape index (κ3) is 6.90. The van der Waals surface area contributed by atoms with Crippen LogP contribution in [0.3, 0.4) is 0 Å². The largest absolute Gasteiger partial charge is 0.490 e. The number of thioether (sulfide) groups is 1. The maximum Gasteiger partial charge on any atom is 0.294 e. The molecule has 0 unspecified atom stereocenters. The first-order valence-corrected chi connectivity index (χ1v) is 12.5. The molecule has 1 aliphatic rings. The van der Waals surface area contributed by atoms with Crippen molar-refractivity contribution in [1.82, 2.24) is 4.90 Å². The Labute approximate surface area is 222 Å². The monoisotopic (exact) mass is 540 g/mol. The molecule has 0 aliphatic carbocycles. The van der Waals surface area contributed by atoms with Crippen molar-refractivity contribution in [2.45, 2.75) is 13.5 Å². The van der Waals surface area contributed by atoms with Crippen LogP contribution in [0.2, 0.25) is 5.02 Å². The van der Waals surface area contributed by atoms with Gasteiger partial charge in [0, 0.05) is 10.7 Å². The van der Waals surface area contributed by atoms with Gasteiger partial charge in [-0.25, -0.2) is 4.39 Å². The summed E-state index contributed by atoms with van der Waals surface area (Å²) in [5, 5.41) is 2.53. The first-order valence-electron chi connectivity index (χ1n) is 11.3. The Morgan fingerprint density at radius 2 is 1.84 bits per heavy atom. The van der Waals surface area contributed by atoms with Gasteiger partial charge in [-0.15, -0.1) is 0 Å². The Bertz CT molecular complexity index is 1360. The fraction of sp³-hybridized carbons (Fsp3) is 0.148. The zero-order valence-corrected chi connectivity index (χ0v) is 21.3. The molecule has 0 saturated carbocycles. The SMILES string of the molecule is CCOc1cc(/C=C2\SC(=O)N(CC(=O)Nc3cccc(Cl)c3)C2=O)ccc1OCc1ccc(F)cc1. The van der Waals surface area contributed by atoms with Gasteiger partial charge >= 0.3 is 0 Å². The van der Waals surface area contributed by atoms with Crippen LogP contribution >= 0.6 is 23.4 Å². The summed E-state index contributed by atoms with van der Waals surface area (Å²) in [6, 6.07) is 17.7. The molecule has 3 aromatic carbocycles. The molecule has 1 aliphatic heterocycles. The molecule has 0 bridgehead atoms. The highest BCUT2D eigenvalue weighted by atomic mass is 35.5. The van der Waals surface area contributed by atoms with E-state index in [1.165, 1.54) is 12.1 Å². The van der Waals surface area contributed by atoms with Gasteiger partial charge in [0.2, 0.25) is 5.91 Å². The number of hydrogen-bond acceptors (Lipinski definition) is 6. The number of nitrogens with one attached hydrogen (secondary N) is 1. The molecular weight excluding hydrogens is 519 g/mol. The van der Waals surface area contributed by atoms with Crippen LogP contribution in [0.4, 0.5) is 14.9 Å². The van der Waals surface area contributed by atoms with Crippen LogP contribution in [-0.2, 0) is 16.2 Å². The predicted octanol–water partition coefficient (Wildman–Crippen LogP) is 6.13. The Morgan fingerprint density at radius 1 is 1.05 bits per heavy atom. The molecular formula is C27H22ClFN2O5S. The first kappa shape index (κ1) is 26.2. The van der Waals surface area contributed by atoms with Crippen LogP contribution in [0.1, 0.15) is 18.1 Å². The fourth-order valence-corrected chi connectivity index (χ4v) is 4.47. The molecule has 7 nitrogen and oxygen atoms in total. The highest BCUT2D eigenvalue weighted by Gasteiger charge is 2.36. The average Bonchev–Trinajstić information content (AvgIpc) is 3.12. The molecule has 10 heteroatoms. The van der Waals surface area contributed by atoms with Gasteiger partial charge in [0.25, 0.3) is 11.1 Å². The predicted molar refractivity (Wildman–Crippen MR) is 141 cm³/mol. The number of halogens is 2. The van der Waals surface area contributed by atoms with E-state index in [1.807, 2.05) is 6.92 Å². The minimum atomic E-state index is -0.564. The molecule has 1 saturated heterocycles. The summed E-state index contributed by atoms with van der Waals surface area (Å²) in [6.45, 7) is 2.01. The van der Waals surface area contributed by atoms with E-state index >= 15 is 0 Å². The lowest BCUT2D eigenvalue weighted by Crippen LogP contribution is -2.36. The van der Waals surface area contributed by atoms with Gasteiger partial charge in [-0.05, 0) is 78.4 Å². The van der Waals surface area contributed by atoms with E-state index in [1.54, 1.807) is 60.7 Å². The second kappa shape index (κ2) is 11.9. The number of carbonyl (C=O) groups excluding carboxylic acids is 3. The number of ether oxygens (including phenoxy) is 2. The van der Waals surface area contributed by atoms with Crippen molar-refractivity contribution >= 4 is 52.2 Å². The van der Waals surface area contributed by atoms with Crippen molar-refractivity contribution in [3.63, 3.8) is 0 Å². The fourth-order valence-electron chi connectivity index (χ4n) is 3.44. The first-order chi connectivity index (χ1) is 17.8. The number of rotatable bonds is 9. The van der Waals surface area contributed by atoms with E-state index in [2.05, 4.69) is 5.32 Å². The maximum absolute atomic E-state index is 13.1. The third-order valence-electron chi connectivity index (χ3n) is 5.16. The minimum Gasteiger partial charge on any atom is -0.490 e. The zero-order chi connectivity index (χ0) is 26.4. The van der Waals surface area contributed by atoms with Crippen molar-refractivity contribution in [3.05, 3.63) is 93.6 Å². The van der Waals surface area contributed by atoms with Crippen LogP contribution in [0.5, 0.6) is 11.5 Å². The lowest BCUT2D eigenvalue weighted by atomic mass is 10.1. The summed E-state index contributed by atoms with van der Waals surface area (Å²) in [7, 11) is 0. The molecule has 3 aromatic rings. The molecule has 37 heavy (non-hydrogen) atoms. The van der Waals surface area contributed by atoms with E-state index in [4.69, 9.17) is 21.1 Å². The van der Waals surface area contributed by atoms with Gasteiger partial charge < -0.3 is 14.8 Å². The Morgan fingerprint density at radius 3 is 2.57 bits per heavy atom. The summed E-state index contributed by atoms with van der Waals surface area (Å²) in [6.07, 6.45) is 1.56. The van der Waals surface area contributed by atoms with E-state index in [9.17, 15) is 18.8 Å². The number of hydrogen-bond donors (Lipinski definition) is 1. The van der Waals surface area contributed by atoms with E-state index in [0.29, 0.717) is 34.4 Å². The second-order valence-corrected chi connectivity index (χ2v) is 9.31. The highest BCUT2D eigenvalue weighted by Crippen LogP contribution is 2.35. The number of amides is 3. The van der Waals surface area contributed by atoms with Crippen LogP contribution in [-0.4, -0.2) is 35.1 Å². The lowest BCUT2D eigenvalue weighted by molar-refractivity contribution is -0.127. The second-order valence-electron chi connectivity index (χ2n) is 7.88. The van der Waals surface area contributed by atoms with Gasteiger partial charge in [-0.2, -0.15) is 0 Å². The molecule has 0 aromatic heterocycles. The highest BCUT2D eigenvalue weighted by molar-refractivity contribution is 8.18. The van der Waals surface area contributed by atoms with Crippen LogP contribution in [0.25, 0.3) is 6.08 Å². The standard InChI is InChI=1S/C27H22ClFN2O5S/c1-2-35-23-12-18(8-11-22(23)36-16-17-6-9-20(29)10-7-17)13-24-26(33)31(27(34)37-24)15-25(32)30-21-5-3-4-19(28)14-21/h3-14H,2,15-16H2,1H3,(H,30,32)/b24-13-. The number of imide groups is 1. The summed E-state index contributed by atoms with van der Waals surface area (Å²) < 4.78 is 24.7. The van der Waals surface area contributed by atoms with Gasteiger partial charge in [0.1, 0.15) is 19.0 Å². The van der Waals surface area contributed by atoms with E-state index < -0.39 is 23.6 Å². The van der Waals surface area contributed by atoms with Gasteiger partial charge in [-0.1, -0.05) is 35.9 Å². The maximum atomic E-state index is 13.1. The molecule has 3 amide bonds. The molecule has 4 rings (SSSR count). The number of benzene rings is 3. The quantitative estimate of drug-likeness (QED) is 0.329. The Balaban J connectivity index is 1.44. The number of nitrogens with zero attached hydrogens (tertiary/aromatic N) is 1. The lowest BCUT2D eigenvalue weighted by Gasteiger charge is -2.13. The third-order valence-corrected chi connectivity index (χ3v) is 6.30. The number of carbonyl (C=O) groups is 3. The summed E-state index contributed by atoms with van der Waals surface area (Å²) in [5.41, 5.74) is 1.87. The van der Waals surface area contributed by atoms with Crippen molar-refractivity contribution in [3.8, 4) is 11.5 Å². The normalized spacial score (nSPS) is 14.2. The van der Waals surface area contributed by atoms with E-state index in [0.717, 1.165) is 22.2 Å². The summed E-state index contributed by atoms with van der Waals surface area (Å²) >= 11 is 6.68. The van der Waals surface area contributed by atoms with Crippen molar-refractivity contribution in [1.29, 1.82) is 0 Å². The summed E-state index contributed by atoms with van der Waals surface area (Å²) in [4.78, 5) is 38.8. The van der Waals surface area contributed by atoms with Crippen LogP contribution in [0.15, 0.2) is 71.6 Å². The Kier molecular flexibility index (Phi) is 8.47. The molecule has 1 heterocycles.